The van der Waals surface area contributed by atoms with E-state index in [-0.39, 0.29) is 13.2 Å². The van der Waals surface area contributed by atoms with Gasteiger partial charge in [-0.1, -0.05) is 6.92 Å². The SMILES string of the molecule is CCCOCCOCCOCCOCCOCCOCC(=O)O. The van der Waals surface area contributed by atoms with Crippen molar-refractivity contribution in [2.24, 2.45) is 0 Å². The number of ether oxygens (including phenoxy) is 6. The van der Waals surface area contributed by atoms with Crippen LogP contribution in [-0.4, -0.2) is 90.4 Å². The number of aliphatic carboxylic acids is 1. The highest BCUT2D eigenvalue weighted by Crippen LogP contribution is 1.85. The second kappa shape index (κ2) is 19.3. The standard InChI is InChI=1S/C15H30O8/c1-2-3-18-4-5-19-6-7-20-8-9-21-10-11-22-12-13-23-14-15(16)17/h2-14H2,1H3,(H,16,17). The van der Waals surface area contributed by atoms with Gasteiger partial charge in [-0.25, -0.2) is 4.79 Å². The summed E-state index contributed by atoms with van der Waals surface area (Å²) in [5.74, 6) is -0.983. The summed E-state index contributed by atoms with van der Waals surface area (Å²) in [4.78, 5) is 10.2. The normalized spacial score (nSPS) is 11.0. The maximum Gasteiger partial charge on any atom is 0.329 e. The Morgan fingerprint density at radius 3 is 1.22 bits per heavy atom. The number of carboxylic acids is 1. The zero-order valence-corrected chi connectivity index (χ0v) is 14.0. The molecule has 0 amide bonds. The lowest BCUT2D eigenvalue weighted by molar-refractivity contribution is -0.142. The molecule has 0 aromatic rings. The molecule has 0 bridgehead atoms. The van der Waals surface area contributed by atoms with E-state index >= 15 is 0 Å². The third-order valence-corrected chi connectivity index (χ3v) is 2.43. The lowest BCUT2D eigenvalue weighted by Crippen LogP contribution is -2.15. The molecule has 0 aliphatic heterocycles. The first-order valence-corrected chi connectivity index (χ1v) is 7.95. The quantitative estimate of drug-likeness (QED) is 0.342. The summed E-state index contributed by atoms with van der Waals surface area (Å²) < 4.78 is 31.3. The van der Waals surface area contributed by atoms with Crippen molar-refractivity contribution < 1.29 is 38.3 Å². The van der Waals surface area contributed by atoms with Crippen LogP contribution in [0.2, 0.25) is 0 Å². The van der Waals surface area contributed by atoms with E-state index in [9.17, 15) is 4.79 Å². The largest absolute Gasteiger partial charge is 0.480 e. The van der Waals surface area contributed by atoms with Crippen molar-refractivity contribution >= 4 is 5.97 Å². The Morgan fingerprint density at radius 2 is 0.913 bits per heavy atom. The minimum atomic E-state index is -0.983. The second-order valence-electron chi connectivity index (χ2n) is 4.51. The molecular formula is C15H30O8. The van der Waals surface area contributed by atoms with Crippen LogP contribution in [0, 0.1) is 0 Å². The van der Waals surface area contributed by atoms with Gasteiger partial charge in [0.1, 0.15) is 6.61 Å². The molecule has 0 rings (SSSR count). The maximum absolute atomic E-state index is 10.2. The Balaban J connectivity index is 2.96. The molecule has 0 radical (unpaired) electrons. The first kappa shape index (κ1) is 22.2. The predicted octanol–water partition coefficient (Wildman–Crippen LogP) is 0.581. The van der Waals surface area contributed by atoms with Gasteiger partial charge in [0, 0.05) is 6.61 Å². The van der Waals surface area contributed by atoms with Crippen molar-refractivity contribution in [2.45, 2.75) is 13.3 Å². The molecule has 0 saturated carbocycles. The van der Waals surface area contributed by atoms with Gasteiger partial charge in [-0.2, -0.15) is 0 Å². The molecule has 8 heteroatoms. The Kier molecular flexibility index (Phi) is 18.6. The highest BCUT2D eigenvalue weighted by atomic mass is 16.6. The fourth-order valence-electron chi connectivity index (χ4n) is 1.40. The van der Waals surface area contributed by atoms with Crippen molar-refractivity contribution in [2.75, 3.05) is 79.3 Å². The smallest absolute Gasteiger partial charge is 0.329 e. The van der Waals surface area contributed by atoms with E-state index in [1.807, 2.05) is 0 Å². The van der Waals surface area contributed by atoms with Gasteiger partial charge in [-0.3, -0.25) is 0 Å². The van der Waals surface area contributed by atoms with Crippen molar-refractivity contribution in [1.82, 2.24) is 0 Å². The lowest BCUT2D eigenvalue weighted by atomic mass is 10.5. The number of hydrogen-bond donors (Lipinski definition) is 1. The highest BCUT2D eigenvalue weighted by molar-refractivity contribution is 5.67. The molecule has 0 aliphatic carbocycles. The molecule has 0 saturated heterocycles. The maximum atomic E-state index is 10.2. The summed E-state index contributed by atoms with van der Waals surface area (Å²) in [6, 6.07) is 0. The average Bonchev–Trinajstić information content (AvgIpc) is 2.53. The van der Waals surface area contributed by atoms with Gasteiger partial charge in [0.2, 0.25) is 0 Å². The van der Waals surface area contributed by atoms with Crippen molar-refractivity contribution in [3.05, 3.63) is 0 Å². The van der Waals surface area contributed by atoms with Gasteiger partial charge < -0.3 is 33.5 Å². The fraction of sp³-hybridized carbons (Fsp3) is 0.933. The van der Waals surface area contributed by atoms with Crippen LogP contribution in [0.25, 0.3) is 0 Å². The van der Waals surface area contributed by atoms with Crippen LogP contribution >= 0.6 is 0 Å². The predicted molar refractivity (Wildman–Crippen MR) is 82.8 cm³/mol. The Morgan fingerprint density at radius 1 is 0.609 bits per heavy atom. The van der Waals surface area contributed by atoms with E-state index in [2.05, 4.69) is 6.92 Å². The number of hydrogen-bond acceptors (Lipinski definition) is 7. The van der Waals surface area contributed by atoms with Gasteiger partial charge >= 0.3 is 5.97 Å². The summed E-state index contributed by atoms with van der Waals surface area (Å²) in [6.07, 6.45) is 1.02. The summed E-state index contributed by atoms with van der Waals surface area (Å²) in [5.41, 5.74) is 0. The van der Waals surface area contributed by atoms with Crippen LogP contribution in [0.5, 0.6) is 0 Å². The van der Waals surface area contributed by atoms with E-state index in [1.54, 1.807) is 0 Å². The molecule has 0 unspecified atom stereocenters. The first-order chi connectivity index (χ1) is 11.3. The van der Waals surface area contributed by atoms with Crippen LogP contribution in [0.1, 0.15) is 13.3 Å². The van der Waals surface area contributed by atoms with E-state index < -0.39 is 5.97 Å². The molecular weight excluding hydrogens is 308 g/mol. The van der Waals surface area contributed by atoms with Crippen LogP contribution in [0.4, 0.5) is 0 Å². The molecule has 0 atom stereocenters. The van der Waals surface area contributed by atoms with E-state index in [0.29, 0.717) is 59.5 Å². The van der Waals surface area contributed by atoms with E-state index in [0.717, 1.165) is 13.0 Å². The summed E-state index contributed by atoms with van der Waals surface area (Å²) in [6.45, 7) is 7.38. The third-order valence-electron chi connectivity index (χ3n) is 2.43. The number of rotatable bonds is 19. The summed E-state index contributed by atoms with van der Waals surface area (Å²) in [7, 11) is 0. The lowest BCUT2D eigenvalue weighted by Gasteiger charge is -2.07. The highest BCUT2D eigenvalue weighted by Gasteiger charge is 1.96. The van der Waals surface area contributed by atoms with E-state index in [4.69, 9.17) is 33.5 Å². The third kappa shape index (κ3) is 21.2. The van der Waals surface area contributed by atoms with Gasteiger partial charge in [0.25, 0.3) is 0 Å². The molecule has 0 aliphatic rings. The van der Waals surface area contributed by atoms with Crippen molar-refractivity contribution in [3.63, 3.8) is 0 Å². The van der Waals surface area contributed by atoms with Gasteiger partial charge in [-0.05, 0) is 6.42 Å². The molecule has 0 aromatic heterocycles. The average molecular weight is 338 g/mol. The topological polar surface area (TPSA) is 92.7 Å². The van der Waals surface area contributed by atoms with Crippen LogP contribution in [-0.2, 0) is 33.2 Å². The zero-order chi connectivity index (χ0) is 17.0. The monoisotopic (exact) mass is 338 g/mol. The molecule has 138 valence electrons. The molecule has 8 nitrogen and oxygen atoms in total. The molecule has 0 heterocycles. The molecule has 23 heavy (non-hydrogen) atoms. The fourth-order valence-corrected chi connectivity index (χ4v) is 1.40. The van der Waals surface area contributed by atoms with Crippen LogP contribution < -0.4 is 0 Å². The molecule has 0 fully saturated rings. The van der Waals surface area contributed by atoms with E-state index in [1.165, 1.54) is 0 Å². The van der Waals surface area contributed by atoms with Gasteiger partial charge in [0.15, 0.2) is 0 Å². The van der Waals surface area contributed by atoms with Gasteiger partial charge in [-0.15, -0.1) is 0 Å². The summed E-state index contributed by atoms with van der Waals surface area (Å²) in [5, 5.41) is 8.34. The zero-order valence-electron chi connectivity index (χ0n) is 14.0. The Hall–Kier alpha value is -0.770. The Bertz CT molecular complexity index is 250. The minimum Gasteiger partial charge on any atom is -0.480 e. The Labute approximate surface area is 137 Å². The molecule has 0 spiro atoms. The van der Waals surface area contributed by atoms with Crippen molar-refractivity contribution in [3.8, 4) is 0 Å². The minimum absolute atomic E-state index is 0.263. The first-order valence-electron chi connectivity index (χ1n) is 7.95. The van der Waals surface area contributed by atoms with Gasteiger partial charge in [0.05, 0.1) is 66.1 Å². The summed E-state index contributed by atoms with van der Waals surface area (Å²) >= 11 is 0. The van der Waals surface area contributed by atoms with Crippen LogP contribution in [0.3, 0.4) is 0 Å². The number of carboxylic acid groups (broad SMARTS) is 1. The second-order valence-corrected chi connectivity index (χ2v) is 4.51. The van der Waals surface area contributed by atoms with Crippen molar-refractivity contribution in [1.29, 1.82) is 0 Å². The van der Waals surface area contributed by atoms with Crippen LogP contribution in [0.15, 0.2) is 0 Å². The molecule has 1 N–H and O–H groups in total. The number of carbonyl (C=O) groups is 1. The molecule has 0 aromatic carbocycles.